The van der Waals surface area contributed by atoms with Gasteiger partial charge in [-0.15, -0.1) is 0 Å². The van der Waals surface area contributed by atoms with E-state index >= 15 is 0 Å². The highest BCUT2D eigenvalue weighted by Crippen LogP contribution is 2.26. The van der Waals surface area contributed by atoms with Crippen LogP contribution in [0.5, 0.6) is 0 Å². The van der Waals surface area contributed by atoms with Crippen LogP contribution in [-0.4, -0.2) is 16.1 Å². The number of benzene rings is 1. The predicted molar refractivity (Wildman–Crippen MR) is 79.4 cm³/mol. The lowest BCUT2D eigenvalue weighted by molar-refractivity contribution is 0.590. The first-order chi connectivity index (χ1) is 9.04. The third kappa shape index (κ3) is 2.71. The van der Waals surface area contributed by atoms with Crippen LogP contribution in [0.25, 0.3) is 0 Å². The maximum Gasteiger partial charge on any atom is 0.0946 e. The fourth-order valence-electron chi connectivity index (χ4n) is 2.52. The van der Waals surface area contributed by atoms with Crippen molar-refractivity contribution >= 4 is 0 Å². The first kappa shape index (κ1) is 13.8. The van der Waals surface area contributed by atoms with Crippen LogP contribution in [0.3, 0.4) is 0 Å². The summed E-state index contributed by atoms with van der Waals surface area (Å²) < 4.78 is 2.09. The molecule has 0 aliphatic heterocycles. The Kier molecular flexibility index (Phi) is 4.05. The maximum absolute atomic E-state index is 4.24. The quantitative estimate of drug-likeness (QED) is 0.912. The summed E-state index contributed by atoms with van der Waals surface area (Å²) in [7, 11) is 2.04. The van der Waals surface area contributed by atoms with Crippen molar-refractivity contribution in [3.05, 3.63) is 52.6 Å². The van der Waals surface area contributed by atoms with E-state index in [9.17, 15) is 0 Å². The zero-order valence-corrected chi connectivity index (χ0v) is 12.5. The Balaban J connectivity index is 2.51. The monoisotopic (exact) mass is 257 g/mol. The van der Waals surface area contributed by atoms with E-state index in [1.54, 1.807) is 0 Å². The zero-order chi connectivity index (χ0) is 14.0. The van der Waals surface area contributed by atoms with E-state index in [0.29, 0.717) is 0 Å². The van der Waals surface area contributed by atoms with Gasteiger partial charge in [-0.3, -0.25) is 0 Å². The minimum Gasteiger partial charge on any atom is -0.336 e. The molecule has 0 aliphatic rings. The van der Waals surface area contributed by atoms with Gasteiger partial charge in [0.2, 0.25) is 0 Å². The summed E-state index contributed by atoms with van der Waals surface area (Å²) in [6.45, 7) is 9.59. The molecule has 0 aliphatic carbocycles. The summed E-state index contributed by atoms with van der Waals surface area (Å²) in [5.41, 5.74) is 6.56. The SMILES string of the molecule is CCNC(c1cc(C)c(C)cc1C)c1cncn1C. The smallest absolute Gasteiger partial charge is 0.0946 e. The summed E-state index contributed by atoms with van der Waals surface area (Å²) in [4.78, 5) is 4.24. The second-order valence-electron chi connectivity index (χ2n) is 5.21. The Morgan fingerprint density at radius 3 is 2.42 bits per heavy atom. The van der Waals surface area contributed by atoms with Crippen molar-refractivity contribution in [2.75, 3.05) is 6.54 Å². The van der Waals surface area contributed by atoms with E-state index in [0.717, 1.165) is 6.54 Å². The van der Waals surface area contributed by atoms with Gasteiger partial charge in [-0.05, 0) is 49.6 Å². The fourth-order valence-corrected chi connectivity index (χ4v) is 2.52. The molecule has 1 unspecified atom stereocenters. The molecule has 3 nitrogen and oxygen atoms in total. The molecule has 1 atom stereocenters. The van der Waals surface area contributed by atoms with Gasteiger partial charge in [0.05, 0.1) is 24.3 Å². The molecule has 2 rings (SSSR count). The summed E-state index contributed by atoms with van der Waals surface area (Å²) in [6.07, 6.45) is 3.80. The lowest BCUT2D eigenvalue weighted by Crippen LogP contribution is -2.24. The molecule has 0 radical (unpaired) electrons. The van der Waals surface area contributed by atoms with Gasteiger partial charge in [-0.1, -0.05) is 19.1 Å². The highest BCUT2D eigenvalue weighted by Gasteiger charge is 2.18. The summed E-state index contributed by atoms with van der Waals surface area (Å²) in [5.74, 6) is 0. The lowest BCUT2D eigenvalue weighted by atomic mass is 9.94. The minimum absolute atomic E-state index is 0.205. The number of nitrogens with zero attached hydrogens (tertiary/aromatic N) is 2. The van der Waals surface area contributed by atoms with Crippen LogP contribution in [0.15, 0.2) is 24.7 Å². The van der Waals surface area contributed by atoms with Crippen molar-refractivity contribution in [3.63, 3.8) is 0 Å². The second kappa shape index (κ2) is 5.57. The first-order valence-corrected chi connectivity index (χ1v) is 6.82. The largest absolute Gasteiger partial charge is 0.336 e. The third-order valence-electron chi connectivity index (χ3n) is 3.75. The van der Waals surface area contributed by atoms with Gasteiger partial charge < -0.3 is 9.88 Å². The average molecular weight is 257 g/mol. The van der Waals surface area contributed by atoms with Crippen LogP contribution in [0, 0.1) is 20.8 Å². The zero-order valence-electron chi connectivity index (χ0n) is 12.5. The van der Waals surface area contributed by atoms with Gasteiger partial charge >= 0.3 is 0 Å². The summed E-state index contributed by atoms with van der Waals surface area (Å²) in [6, 6.07) is 4.77. The van der Waals surface area contributed by atoms with Gasteiger partial charge in [-0.25, -0.2) is 4.98 Å². The Morgan fingerprint density at radius 2 is 1.84 bits per heavy atom. The molecular weight excluding hydrogens is 234 g/mol. The summed E-state index contributed by atoms with van der Waals surface area (Å²) in [5, 5.41) is 3.57. The second-order valence-corrected chi connectivity index (χ2v) is 5.21. The van der Waals surface area contributed by atoms with E-state index in [1.807, 2.05) is 19.6 Å². The van der Waals surface area contributed by atoms with E-state index in [1.165, 1.54) is 27.9 Å². The van der Waals surface area contributed by atoms with Crippen LogP contribution in [0.2, 0.25) is 0 Å². The lowest BCUT2D eigenvalue weighted by Gasteiger charge is -2.22. The third-order valence-corrected chi connectivity index (χ3v) is 3.75. The normalized spacial score (nSPS) is 12.7. The molecule has 0 saturated carbocycles. The molecule has 1 aromatic heterocycles. The molecule has 0 saturated heterocycles. The van der Waals surface area contributed by atoms with Crippen LogP contribution in [0.4, 0.5) is 0 Å². The van der Waals surface area contributed by atoms with Crippen molar-refractivity contribution in [2.45, 2.75) is 33.7 Å². The van der Waals surface area contributed by atoms with Gasteiger partial charge in [0, 0.05) is 7.05 Å². The molecule has 19 heavy (non-hydrogen) atoms. The number of aromatic nitrogens is 2. The van der Waals surface area contributed by atoms with Gasteiger partial charge in [0.15, 0.2) is 0 Å². The molecule has 1 heterocycles. The predicted octanol–water partition coefficient (Wildman–Crippen LogP) is 3.04. The first-order valence-electron chi connectivity index (χ1n) is 6.82. The Labute approximate surface area is 115 Å². The van der Waals surface area contributed by atoms with E-state index in [2.05, 4.69) is 54.7 Å². The number of hydrogen-bond donors (Lipinski definition) is 1. The van der Waals surface area contributed by atoms with Crippen molar-refractivity contribution < 1.29 is 0 Å². The highest BCUT2D eigenvalue weighted by atomic mass is 15.1. The van der Waals surface area contributed by atoms with Crippen molar-refractivity contribution in [3.8, 4) is 0 Å². The van der Waals surface area contributed by atoms with Crippen LogP contribution in [-0.2, 0) is 7.05 Å². The summed E-state index contributed by atoms with van der Waals surface area (Å²) >= 11 is 0. The Morgan fingerprint density at radius 1 is 1.16 bits per heavy atom. The van der Waals surface area contributed by atoms with Crippen molar-refractivity contribution in [1.82, 2.24) is 14.9 Å². The standard InChI is InChI=1S/C16H23N3/c1-6-18-16(15-9-17-10-19(15)5)14-8-12(3)11(2)7-13(14)4/h7-10,16,18H,6H2,1-5H3. The maximum atomic E-state index is 4.24. The average Bonchev–Trinajstić information content (AvgIpc) is 2.77. The number of hydrogen-bond acceptors (Lipinski definition) is 2. The highest BCUT2D eigenvalue weighted by molar-refractivity contribution is 5.41. The molecule has 0 amide bonds. The van der Waals surface area contributed by atoms with Crippen LogP contribution in [0.1, 0.15) is 40.9 Å². The molecule has 3 heteroatoms. The van der Waals surface area contributed by atoms with Crippen LogP contribution >= 0.6 is 0 Å². The molecule has 0 fully saturated rings. The van der Waals surface area contributed by atoms with Crippen molar-refractivity contribution in [2.24, 2.45) is 7.05 Å². The van der Waals surface area contributed by atoms with Crippen molar-refractivity contribution in [1.29, 1.82) is 0 Å². The topological polar surface area (TPSA) is 29.9 Å². The van der Waals surface area contributed by atoms with Gasteiger partial charge in [-0.2, -0.15) is 0 Å². The number of imidazole rings is 1. The molecule has 0 bridgehead atoms. The van der Waals surface area contributed by atoms with E-state index in [4.69, 9.17) is 0 Å². The molecule has 102 valence electrons. The number of aryl methyl sites for hydroxylation is 4. The molecule has 0 spiro atoms. The Bertz CT molecular complexity index is 569. The van der Waals surface area contributed by atoms with E-state index < -0.39 is 0 Å². The van der Waals surface area contributed by atoms with Gasteiger partial charge in [0.1, 0.15) is 0 Å². The molecule has 1 N–H and O–H groups in total. The molecule has 2 aromatic rings. The minimum atomic E-state index is 0.205. The molecule has 1 aromatic carbocycles. The molecular formula is C16H23N3. The van der Waals surface area contributed by atoms with Gasteiger partial charge in [0.25, 0.3) is 0 Å². The number of nitrogens with one attached hydrogen (secondary N) is 1. The number of rotatable bonds is 4. The fraction of sp³-hybridized carbons (Fsp3) is 0.438. The van der Waals surface area contributed by atoms with E-state index in [-0.39, 0.29) is 6.04 Å². The Hall–Kier alpha value is -1.61. The van der Waals surface area contributed by atoms with Crippen LogP contribution < -0.4 is 5.32 Å².